The Morgan fingerprint density at radius 1 is 0.870 bits per heavy atom. The molecule has 0 unspecified atom stereocenters. The van der Waals surface area contributed by atoms with Crippen molar-refractivity contribution in [3.05, 3.63) is 58.6 Å². The van der Waals surface area contributed by atoms with Gasteiger partial charge in [0.25, 0.3) is 11.8 Å². The number of benzene rings is 2. The number of nitrogens with one attached hydrogen (secondary N) is 2. The Kier molecular flexibility index (Phi) is 5.43. The summed E-state index contributed by atoms with van der Waals surface area (Å²) in [4.78, 5) is 24.3. The van der Waals surface area contributed by atoms with E-state index in [0.29, 0.717) is 22.1 Å². The molecule has 0 aliphatic carbocycles. The number of rotatable bonds is 4. The molecule has 0 spiro atoms. The van der Waals surface area contributed by atoms with Crippen molar-refractivity contribution in [1.82, 2.24) is 10.9 Å². The van der Waals surface area contributed by atoms with Gasteiger partial charge in [-0.3, -0.25) is 20.4 Å². The molecule has 0 saturated heterocycles. The number of hydrogen-bond donors (Lipinski definition) is 2. The number of ether oxygens (including phenoxy) is 2. The standard InChI is InChI=1S/C16H15ClN2O4/c1-22-12-4-3-5-13(23-2)14(12)16(21)19-18-15(20)10-6-8-11(17)9-7-10/h3-9H,1-2H3,(H,18,20)(H,19,21). The van der Waals surface area contributed by atoms with E-state index in [4.69, 9.17) is 21.1 Å². The van der Waals surface area contributed by atoms with Gasteiger partial charge in [-0.25, -0.2) is 0 Å². The zero-order valence-electron chi connectivity index (χ0n) is 12.6. The highest BCUT2D eigenvalue weighted by atomic mass is 35.5. The molecule has 0 atom stereocenters. The van der Waals surface area contributed by atoms with Crippen molar-refractivity contribution in [3.63, 3.8) is 0 Å². The molecule has 0 heterocycles. The van der Waals surface area contributed by atoms with Crippen molar-refractivity contribution in [2.45, 2.75) is 0 Å². The molecule has 0 saturated carbocycles. The summed E-state index contributed by atoms with van der Waals surface area (Å²) in [6.45, 7) is 0. The van der Waals surface area contributed by atoms with Gasteiger partial charge in [0.1, 0.15) is 17.1 Å². The van der Waals surface area contributed by atoms with Gasteiger partial charge in [-0.1, -0.05) is 17.7 Å². The van der Waals surface area contributed by atoms with Crippen LogP contribution in [0.15, 0.2) is 42.5 Å². The molecule has 120 valence electrons. The van der Waals surface area contributed by atoms with Crippen molar-refractivity contribution < 1.29 is 19.1 Å². The van der Waals surface area contributed by atoms with Crippen molar-refractivity contribution in [1.29, 1.82) is 0 Å². The second-order valence-corrected chi connectivity index (χ2v) is 4.89. The minimum Gasteiger partial charge on any atom is -0.496 e. The smallest absolute Gasteiger partial charge is 0.277 e. The molecule has 0 bridgehead atoms. The maximum absolute atomic E-state index is 12.3. The van der Waals surface area contributed by atoms with Gasteiger partial charge in [0.2, 0.25) is 0 Å². The molecule has 2 N–H and O–H groups in total. The fraction of sp³-hybridized carbons (Fsp3) is 0.125. The van der Waals surface area contributed by atoms with E-state index in [2.05, 4.69) is 10.9 Å². The number of hydrogen-bond acceptors (Lipinski definition) is 4. The predicted octanol–water partition coefficient (Wildman–Crippen LogP) is 2.43. The van der Waals surface area contributed by atoms with Crippen LogP contribution in [-0.4, -0.2) is 26.0 Å². The second kappa shape index (κ2) is 7.51. The van der Waals surface area contributed by atoms with Crippen LogP contribution in [0.5, 0.6) is 11.5 Å². The molecule has 0 aliphatic rings. The Labute approximate surface area is 138 Å². The van der Waals surface area contributed by atoms with Crippen molar-refractivity contribution in [3.8, 4) is 11.5 Å². The first-order valence-electron chi connectivity index (χ1n) is 6.64. The summed E-state index contributed by atoms with van der Waals surface area (Å²) in [5.41, 5.74) is 5.21. The Morgan fingerprint density at radius 2 is 1.39 bits per heavy atom. The summed E-state index contributed by atoms with van der Waals surface area (Å²) in [7, 11) is 2.88. The second-order valence-electron chi connectivity index (χ2n) is 4.45. The van der Waals surface area contributed by atoms with Gasteiger partial charge < -0.3 is 9.47 Å². The van der Waals surface area contributed by atoms with Crippen molar-refractivity contribution in [2.75, 3.05) is 14.2 Å². The van der Waals surface area contributed by atoms with Crippen LogP contribution in [0.1, 0.15) is 20.7 Å². The van der Waals surface area contributed by atoms with Crippen LogP contribution in [0, 0.1) is 0 Å². The third-order valence-corrected chi connectivity index (χ3v) is 3.30. The summed E-state index contributed by atoms with van der Waals surface area (Å²) < 4.78 is 10.3. The van der Waals surface area contributed by atoms with Crippen LogP contribution in [0.2, 0.25) is 5.02 Å². The molecular weight excluding hydrogens is 320 g/mol. The lowest BCUT2D eigenvalue weighted by molar-refractivity contribution is 0.0843. The zero-order valence-corrected chi connectivity index (χ0v) is 13.3. The van der Waals surface area contributed by atoms with E-state index in [1.807, 2.05) is 0 Å². The third kappa shape index (κ3) is 3.92. The summed E-state index contributed by atoms with van der Waals surface area (Å²) in [6, 6.07) is 11.2. The fourth-order valence-corrected chi connectivity index (χ4v) is 2.05. The maximum Gasteiger partial charge on any atom is 0.277 e. The summed E-state index contributed by atoms with van der Waals surface area (Å²) in [6.07, 6.45) is 0. The van der Waals surface area contributed by atoms with E-state index in [9.17, 15) is 9.59 Å². The Balaban J connectivity index is 2.11. The van der Waals surface area contributed by atoms with Gasteiger partial charge in [-0.15, -0.1) is 0 Å². The first-order chi connectivity index (χ1) is 11.1. The average Bonchev–Trinajstić information content (AvgIpc) is 2.59. The monoisotopic (exact) mass is 334 g/mol. The molecule has 0 aliphatic heterocycles. The highest BCUT2D eigenvalue weighted by molar-refractivity contribution is 6.30. The highest BCUT2D eigenvalue weighted by Crippen LogP contribution is 2.27. The van der Waals surface area contributed by atoms with Gasteiger partial charge in [0.15, 0.2) is 0 Å². The van der Waals surface area contributed by atoms with Gasteiger partial charge in [0.05, 0.1) is 14.2 Å². The molecule has 2 amide bonds. The first-order valence-corrected chi connectivity index (χ1v) is 7.02. The predicted molar refractivity (Wildman–Crippen MR) is 85.9 cm³/mol. The Hall–Kier alpha value is -2.73. The SMILES string of the molecule is COc1cccc(OC)c1C(=O)NNC(=O)c1ccc(Cl)cc1. The third-order valence-electron chi connectivity index (χ3n) is 3.05. The van der Waals surface area contributed by atoms with Crippen molar-refractivity contribution >= 4 is 23.4 Å². The summed E-state index contributed by atoms with van der Waals surface area (Å²) in [5.74, 6) is -0.351. The van der Waals surface area contributed by atoms with E-state index in [1.54, 1.807) is 42.5 Å². The molecule has 23 heavy (non-hydrogen) atoms. The average molecular weight is 335 g/mol. The van der Waals surface area contributed by atoms with Crippen molar-refractivity contribution in [2.24, 2.45) is 0 Å². The largest absolute Gasteiger partial charge is 0.496 e. The molecule has 0 fully saturated rings. The molecule has 6 nitrogen and oxygen atoms in total. The van der Waals surface area contributed by atoms with Crippen LogP contribution in [0.25, 0.3) is 0 Å². The highest BCUT2D eigenvalue weighted by Gasteiger charge is 2.18. The number of halogens is 1. The van der Waals surface area contributed by atoms with Crippen LogP contribution >= 0.6 is 11.6 Å². The molecule has 2 aromatic rings. The lowest BCUT2D eigenvalue weighted by Crippen LogP contribution is -2.41. The Morgan fingerprint density at radius 3 is 1.91 bits per heavy atom. The van der Waals surface area contributed by atoms with Crippen LogP contribution in [0.3, 0.4) is 0 Å². The zero-order chi connectivity index (χ0) is 16.8. The van der Waals surface area contributed by atoms with Gasteiger partial charge in [0, 0.05) is 10.6 Å². The van der Waals surface area contributed by atoms with Gasteiger partial charge >= 0.3 is 0 Å². The topological polar surface area (TPSA) is 76.7 Å². The fourth-order valence-electron chi connectivity index (χ4n) is 1.92. The quantitative estimate of drug-likeness (QED) is 0.842. The Bertz CT molecular complexity index is 694. The number of carbonyl (C=O) groups is 2. The lowest BCUT2D eigenvalue weighted by atomic mass is 10.1. The molecule has 0 aromatic heterocycles. The number of methoxy groups -OCH3 is 2. The van der Waals surface area contributed by atoms with E-state index in [0.717, 1.165) is 0 Å². The van der Waals surface area contributed by atoms with E-state index >= 15 is 0 Å². The molecular formula is C16H15ClN2O4. The number of amides is 2. The van der Waals surface area contributed by atoms with E-state index in [-0.39, 0.29) is 5.56 Å². The van der Waals surface area contributed by atoms with E-state index in [1.165, 1.54) is 14.2 Å². The minimum absolute atomic E-state index is 0.189. The van der Waals surface area contributed by atoms with Crippen LogP contribution in [0.4, 0.5) is 0 Å². The number of hydrazine groups is 1. The van der Waals surface area contributed by atoms with Crippen LogP contribution in [-0.2, 0) is 0 Å². The molecule has 2 aromatic carbocycles. The first kappa shape index (κ1) is 16.6. The molecule has 2 rings (SSSR count). The van der Waals surface area contributed by atoms with Gasteiger partial charge in [-0.05, 0) is 36.4 Å². The maximum atomic E-state index is 12.3. The lowest BCUT2D eigenvalue weighted by Gasteiger charge is -2.13. The summed E-state index contributed by atoms with van der Waals surface area (Å²) in [5, 5.41) is 0.518. The molecule has 0 radical (unpaired) electrons. The van der Waals surface area contributed by atoms with E-state index < -0.39 is 11.8 Å². The number of carbonyl (C=O) groups excluding carboxylic acids is 2. The normalized spacial score (nSPS) is 9.87. The van der Waals surface area contributed by atoms with Gasteiger partial charge in [-0.2, -0.15) is 0 Å². The molecule has 7 heteroatoms. The minimum atomic E-state index is -0.554. The summed E-state index contributed by atoms with van der Waals surface area (Å²) >= 11 is 5.76. The van der Waals surface area contributed by atoms with Crippen LogP contribution < -0.4 is 20.3 Å².